The summed E-state index contributed by atoms with van der Waals surface area (Å²) in [7, 11) is 0. The number of carbonyl (C=O) groups is 1. The van der Waals surface area contributed by atoms with Crippen LogP contribution in [0.2, 0.25) is 0 Å². The number of aryl methyl sites for hydroxylation is 1. The molecule has 0 amide bonds. The molecule has 0 saturated carbocycles. The molecule has 2 heterocycles. The molecule has 1 aliphatic heterocycles. The van der Waals surface area contributed by atoms with E-state index in [4.69, 9.17) is 0 Å². The molecule has 3 rings (SSSR count). The largest absolute Gasteiger partial charge is 0.477 e. The van der Waals surface area contributed by atoms with Crippen LogP contribution in [-0.2, 0) is 6.42 Å². The molecule has 1 aliphatic rings. The van der Waals surface area contributed by atoms with Crippen molar-refractivity contribution < 1.29 is 18.7 Å². The minimum absolute atomic E-state index is 0.0980. The molecule has 2 atom stereocenters. The summed E-state index contributed by atoms with van der Waals surface area (Å²) in [6, 6.07) is 6.12. The zero-order valence-corrected chi connectivity index (χ0v) is 13.5. The van der Waals surface area contributed by atoms with Gasteiger partial charge in [0, 0.05) is 13.3 Å². The summed E-state index contributed by atoms with van der Waals surface area (Å²) >= 11 is 0. The lowest BCUT2D eigenvalue weighted by Crippen LogP contribution is -2.36. The Balaban J connectivity index is 2.02. The first-order valence-corrected chi connectivity index (χ1v) is 7.85. The van der Waals surface area contributed by atoms with Gasteiger partial charge in [0.05, 0.1) is 12.2 Å². The summed E-state index contributed by atoms with van der Waals surface area (Å²) in [4.78, 5) is 11.3. The first-order valence-electron chi connectivity index (χ1n) is 7.85. The first kappa shape index (κ1) is 16.4. The molecule has 128 valence electrons. The number of rotatable bonds is 4. The second kappa shape index (κ2) is 5.89. The SMILES string of the molecule is CCc1ccc(C2CC(C(C)(F)F)n3ncc(C(=O)O)c3N2)cc1. The average molecular weight is 335 g/mol. The molecule has 0 saturated heterocycles. The maximum Gasteiger partial charge on any atom is 0.341 e. The molecular formula is C17H19F2N3O2. The van der Waals surface area contributed by atoms with Crippen LogP contribution in [-0.4, -0.2) is 26.8 Å². The van der Waals surface area contributed by atoms with Gasteiger partial charge in [0.25, 0.3) is 5.92 Å². The van der Waals surface area contributed by atoms with Crippen molar-refractivity contribution in [2.24, 2.45) is 0 Å². The lowest BCUT2D eigenvalue weighted by atomic mass is 9.93. The summed E-state index contributed by atoms with van der Waals surface area (Å²) in [5, 5.41) is 16.2. The lowest BCUT2D eigenvalue weighted by molar-refractivity contribution is -0.0438. The molecule has 1 aromatic heterocycles. The van der Waals surface area contributed by atoms with E-state index in [-0.39, 0.29) is 17.8 Å². The van der Waals surface area contributed by atoms with Crippen LogP contribution < -0.4 is 5.32 Å². The zero-order chi connectivity index (χ0) is 17.5. The molecule has 1 aromatic carbocycles. The van der Waals surface area contributed by atoms with Crippen molar-refractivity contribution in [2.45, 2.75) is 44.7 Å². The maximum atomic E-state index is 14.1. The van der Waals surface area contributed by atoms with Gasteiger partial charge in [0.15, 0.2) is 0 Å². The van der Waals surface area contributed by atoms with Crippen molar-refractivity contribution in [3.63, 3.8) is 0 Å². The molecule has 5 nitrogen and oxygen atoms in total. The number of anilines is 1. The highest BCUT2D eigenvalue weighted by Crippen LogP contribution is 2.43. The molecule has 0 radical (unpaired) electrons. The molecule has 0 bridgehead atoms. The number of alkyl halides is 2. The molecule has 2 N–H and O–H groups in total. The van der Waals surface area contributed by atoms with E-state index in [0.717, 1.165) is 35.4 Å². The van der Waals surface area contributed by atoms with E-state index in [1.54, 1.807) is 0 Å². The van der Waals surface area contributed by atoms with Crippen LogP contribution in [0.15, 0.2) is 30.5 Å². The van der Waals surface area contributed by atoms with E-state index in [0.29, 0.717) is 0 Å². The van der Waals surface area contributed by atoms with Crippen molar-refractivity contribution in [2.75, 3.05) is 5.32 Å². The summed E-state index contributed by atoms with van der Waals surface area (Å²) in [5.74, 6) is -4.07. The van der Waals surface area contributed by atoms with E-state index in [1.807, 2.05) is 31.2 Å². The second-order valence-electron chi connectivity index (χ2n) is 6.16. The number of hydrogen-bond donors (Lipinski definition) is 2. The fraction of sp³-hybridized carbons (Fsp3) is 0.412. The maximum absolute atomic E-state index is 14.1. The van der Waals surface area contributed by atoms with Gasteiger partial charge in [-0.25, -0.2) is 18.3 Å². The quantitative estimate of drug-likeness (QED) is 0.889. The summed E-state index contributed by atoms with van der Waals surface area (Å²) in [5.41, 5.74) is 1.91. The van der Waals surface area contributed by atoms with E-state index in [9.17, 15) is 18.7 Å². The molecule has 2 aromatic rings. The third-order valence-electron chi connectivity index (χ3n) is 4.47. The minimum Gasteiger partial charge on any atom is -0.477 e. The van der Waals surface area contributed by atoms with Gasteiger partial charge in [-0.05, 0) is 17.5 Å². The summed E-state index contributed by atoms with van der Waals surface area (Å²) < 4.78 is 29.2. The number of aromatic carboxylic acids is 1. The Morgan fingerprint density at radius 3 is 2.62 bits per heavy atom. The summed E-state index contributed by atoms with van der Waals surface area (Å²) in [6.45, 7) is 2.88. The Kier molecular flexibility index (Phi) is 4.03. The molecule has 2 unspecified atom stereocenters. The van der Waals surface area contributed by atoms with E-state index < -0.39 is 24.0 Å². The number of carboxylic acid groups (broad SMARTS) is 1. The number of fused-ring (bicyclic) bond motifs is 1. The van der Waals surface area contributed by atoms with Gasteiger partial charge >= 0.3 is 5.97 Å². The number of nitrogens with one attached hydrogen (secondary N) is 1. The van der Waals surface area contributed by atoms with Gasteiger partial charge in [0.2, 0.25) is 0 Å². The van der Waals surface area contributed by atoms with Crippen molar-refractivity contribution in [1.82, 2.24) is 9.78 Å². The predicted molar refractivity (Wildman–Crippen MR) is 85.6 cm³/mol. The van der Waals surface area contributed by atoms with Crippen molar-refractivity contribution >= 4 is 11.8 Å². The molecule has 0 spiro atoms. The van der Waals surface area contributed by atoms with Crippen LogP contribution in [0, 0.1) is 0 Å². The van der Waals surface area contributed by atoms with Crippen LogP contribution in [0.1, 0.15) is 53.8 Å². The normalized spacial score (nSPS) is 20.3. The number of aromatic nitrogens is 2. The first-order chi connectivity index (χ1) is 11.3. The molecule has 7 heteroatoms. The number of halogens is 2. The number of carboxylic acids is 1. The average Bonchev–Trinajstić information content (AvgIpc) is 2.97. The zero-order valence-electron chi connectivity index (χ0n) is 13.5. The number of benzene rings is 1. The van der Waals surface area contributed by atoms with E-state index in [2.05, 4.69) is 10.4 Å². The third-order valence-corrected chi connectivity index (χ3v) is 4.47. The van der Waals surface area contributed by atoms with Crippen LogP contribution in [0.4, 0.5) is 14.6 Å². The Morgan fingerprint density at radius 2 is 2.08 bits per heavy atom. The fourth-order valence-corrected chi connectivity index (χ4v) is 3.07. The van der Waals surface area contributed by atoms with Gasteiger partial charge in [-0.2, -0.15) is 5.10 Å². The predicted octanol–water partition coefficient (Wildman–Crippen LogP) is 3.90. The third kappa shape index (κ3) is 2.86. The van der Waals surface area contributed by atoms with Crippen molar-refractivity contribution in [3.8, 4) is 0 Å². The highest BCUT2D eigenvalue weighted by molar-refractivity contribution is 5.93. The topological polar surface area (TPSA) is 67.2 Å². The molecule has 0 fully saturated rings. The summed E-state index contributed by atoms with van der Waals surface area (Å²) in [6.07, 6.45) is 2.14. The van der Waals surface area contributed by atoms with Crippen LogP contribution in [0.5, 0.6) is 0 Å². The fourth-order valence-electron chi connectivity index (χ4n) is 3.07. The Morgan fingerprint density at radius 1 is 1.42 bits per heavy atom. The van der Waals surface area contributed by atoms with Gasteiger partial charge < -0.3 is 10.4 Å². The Labute approximate surface area is 138 Å². The van der Waals surface area contributed by atoms with Gasteiger partial charge in [-0.1, -0.05) is 31.2 Å². The van der Waals surface area contributed by atoms with Crippen LogP contribution in [0.25, 0.3) is 0 Å². The van der Waals surface area contributed by atoms with Crippen LogP contribution in [0.3, 0.4) is 0 Å². The van der Waals surface area contributed by atoms with E-state index >= 15 is 0 Å². The Hall–Kier alpha value is -2.44. The van der Waals surface area contributed by atoms with Crippen LogP contribution >= 0.6 is 0 Å². The van der Waals surface area contributed by atoms with Gasteiger partial charge in [-0.3, -0.25) is 0 Å². The standard InChI is InChI=1S/C17H19F2N3O2/c1-3-10-4-6-11(7-5-10)13-8-14(17(2,18)19)22-15(21-13)12(9-20-22)16(23)24/h4-7,9,13-14,21H,3,8H2,1-2H3,(H,23,24). The number of hydrogen-bond acceptors (Lipinski definition) is 3. The molecule has 0 aliphatic carbocycles. The Bertz CT molecular complexity index is 750. The highest BCUT2D eigenvalue weighted by Gasteiger charge is 2.43. The highest BCUT2D eigenvalue weighted by atomic mass is 19.3. The minimum atomic E-state index is -3.01. The second-order valence-corrected chi connectivity index (χ2v) is 6.16. The smallest absolute Gasteiger partial charge is 0.341 e. The van der Waals surface area contributed by atoms with Gasteiger partial charge in [-0.15, -0.1) is 0 Å². The monoisotopic (exact) mass is 335 g/mol. The molecular weight excluding hydrogens is 316 g/mol. The van der Waals surface area contributed by atoms with Crippen molar-refractivity contribution in [3.05, 3.63) is 47.2 Å². The van der Waals surface area contributed by atoms with Gasteiger partial charge in [0.1, 0.15) is 17.4 Å². The molecule has 24 heavy (non-hydrogen) atoms. The number of nitrogens with zero attached hydrogens (tertiary/aromatic N) is 2. The lowest BCUT2D eigenvalue weighted by Gasteiger charge is -2.35. The van der Waals surface area contributed by atoms with E-state index in [1.165, 1.54) is 0 Å². The van der Waals surface area contributed by atoms with Crippen molar-refractivity contribution in [1.29, 1.82) is 0 Å².